The fraction of sp³-hybridized carbons (Fsp3) is 0.320. The Balaban J connectivity index is 2.06. The minimum absolute atomic E-state index is 0.0691. The molecule has 198 valence electrons. The maximum absolute atomic E-state index is 13.1. The average molecular weight is 518 g/mol. The fourth-order valence-corrected chi connectivity index (χ4v) is 3.91. The number of aromatic hydroxyl groups is 1. The Morgan fingerprint density at radius 3 is 2.22 bits per heavy atom. The molecule has 0 fully saturated rings. The number of aryl methyl sites for hydroxylation is 1. The van der Waals surface area contributed by atoms with Gasteiger partial charge in [-0.1, -0.05) is 12.1 Å². The van der Waals surface area contributed by atoms with E-state index in [1.165, 1.54) is 37.4 Å². The van der Waals surface area contributed by atoms with Crippen LogP contribution in [-0.2, 0) is 9.53 Å². The molecule has 0 saturated heterocycles. The van der Waals surface area contributed by atoms with Crippen molar-refractivity contribution in [2.75, 3.05) is 20.3 Å². The van der Waals surface area contributed by atoms with E-state index in [-0.39, 0.29) is 22.4 Å². The number of ketones is 2. The first-order chi connectivity index (χ1) is 17.4. The fourth-order valence-electron chi connectivity index (χ4n) is 3.91. The number of benzene rings is 2. The lowest BCUT2D eigenvalue weighted by molar-refractivity contribution is -0.124. The third-order valence-electron chi connectivity index (χ3n) is 5.84. The number of rotatable bonds is 9. The first-order valence-electron chi connectivity index (χ1n) is 11.0. The summed E-state index contributed by atoms with van der Waals surface area (Å²) in [5, 5.41) is 69.1. The molecule has 0 saturated carbocycles. The number of hydrogen-bond acceptors (Lipinski definition) is 12. The number of aliphatic hydroxyl groups excluding tert-OH is 6. The van der Waals surface area contributed by atoms with Crippen LogP contribution in [0.3, 0.4) is 0 Å². The zero-order chi connectivity index (χ0) is 27.6. The summed E-state index contributed by atoms with van der Waals surface area (Å²) in [6.07, 6.45) is -7.58. The van der Waals surface area contributed by atoms with E-state index in [1.54, 1.807) is 6.92 Å². The van der Waals surface area contributed by atoms with Gasteiger partial charge in [-0.3, -0.25) is 9.59 Å². The van der Waals surface area contributed by atoms with Gasteiger partial charge in [-0.2, -0.15) is 0 Å². The summed E-state index contributed by atoms with van der Waals surface area (Å²) in [6.45, 7) is -0.188. The lowest BCUT2D eigenvalue weighted by atomic mass is 9.82. The van der Waals surface area contributed by atoms with Gasteiger partial charge in [-0.05, 0) is 30.7 Å². The van der Waals surface area contributed by atoms with Crippen molar-refractivity contribution in [3.63, 3.8) is 0 Å². The minimum atomic E-state index is -1.99. The van der Waals surface area contributed by atoms with Gasteiger partial charge in [0.05, 0.1) is 30.4 Å². The van der Waals surface area contributed by atoms with Crippen LogP contribution in [0.1, 0.15) is 37.4 Å². The summed E-state index contributed by atoms with van der Waals surface area (Å²) < 4.78 is 10.4. The maximum atomic E-state index is 13.1. The number of aliphatic hydroxyl groups is 6. The Hall–Kier alpha value is -3.81. The van der Waals surface area contributed by atoms with Crippen LogP contribution in [-0.4, -0.2) is 98.0 Å². The molecule has 0 unspecified atom stereocenters. The average Bonchev–Trinajstić information content (AvgIpc) is 2.89. The lowest BCUT2D eigenvalue weighted by Crippen LogP contribution is -2.47. The quantitative estimate of drug-likeness (QED) is 0.165. The topological polar surface area (TPSA) is 211 Å². The molecular formula is C25H26O12. The van der Waals surface area contributed by atoms with Gasteiger partial charge in [0.15, 0.2) is 0 Å². The maximum Gasteiger partial charge on any atom is 0.339 e. The minimum Gasteiger partial charge on any atom is -0.507 e. The van der Waals surface area contributed by atoms with Crippen LogP contribution in [0, 0.1) is 6.92 Å². The van der Waals surface area contributed by atoms with Crippen molar-refractivity contribution in [2.45, 2.75) is 31.3 Å². The number of phenols is 1. The Bertz CT molecular complexity index is 1260. The SMILES string of the molecule is COc1cc(C)cc(C(=O)OC[C@@H](O)[C@@H](O)[C@H](O)[C@H](O)CO)c1C1=C(O)c2cccc(O)c2C(=O)C1=O. The Kier molecular flexibility index (Phi) is 8.31. The molecule has 2 aromatic rings. The van der Waals surface area contributed by atoms with Gasteiger partial charge in [-0.15, -0.1) is 0 Å². The summed E-state index contributed by atoms with van der Waals surface area (Å²) in [6, 6.07) is 6.54. The van der Waals surface area contributed by atoms with E-state index in [9.17, 15) is 45.0 Å². The van der Waals surface area contributed by atoms with Crippen molar-refractivity contribution in [1.29, 1.82) is 0 Å². The van der Waals surface area contributed by atoms with E-state index in [1.807, 2.05) is 0 Å². The van der Waals surface area contributed by atoms with Crippen molar-refractivity contribution < 1.29 is 59.6 Å². The van der Waals surface area contributed by atoms with Gasteiger partial charge in [0.25, 0.3) is 0 Å². The number of allylic oxidation sites excluding steroid dienone is 1. The van der Waals surface area contributed by atoms with Crippen LogP contribution < -0.4 is 4.74 Å². The van der Waals surface area contributed by atoms with Gasteiger partial charge >= 0.3 is 5.97 Å². The van der Waals surface area contributed by atoms with E-state index >= 15 is 0 Å². The van der Waals surface area contributed by atoms with Crippen LogP contribution in [0.5, 0.6) is 11.5 Å². The Morgan fingerprint density at radius 1 is 0.946 bits per heavy atom. The summed E-state index contributed by atoms with van der Waals surface area (Å²) in [5.74, 6) is -4.78. The number of methoxy groups -OCH3 is 1. The molecule has 2 aromatic carbocycles. The van der Waals surface area contributed by atoms with E-state index in [2.05, 4.69) is 0 Å². The Labute approximate surface area is 210 Å². The van der Waals surface area contributed by atoms with Crippen LogP contribution in [0.15, 0.2) is 30.3 Å². The zero-order valence-electron chi connectivity index (χ0n) is 19.8. The highest BCUT2D eigenvalue weighted by Gasteiger charge is 2.39. The number of carbonyl (C=O) groups excluding carboxylic acids is 3. The van der Waals surface area contributed by atoms with Crippen molar-refractivity contribution in [1.82, 2.24) is 0 Å². The number of fused-ring (bicyclic) bond motifs is 1. The third-order valence-corrected chi connectivity index (χ3v) is 5.84. The van der Waals surface area contributed by atoms with Gasteiger partial charge in [-0.25, -0.2) is 4.79 Å². The standard InChI is InChI=1S/C25H26O12/c1-10-6-12(25(35)37-9-15(29)22(32)21(31)14(28)8-26)18(16(7-10)36-2)19-20(30)11-4-3-5-13(27)17(11)23(33)24(19)34/h3-7,14-15,21-22,26-32H,8-9H2,1-2H3/t14-,15-,21-,22-/m1/s1. The summed E-state index contributed by atoms with van der Waals surface area (Å²) in [5.41, 5.74) is -1.27. The predicted octanol–water partition coefficient (Wildman–Crippen LogP) is -0.506. The first-order valence-corrected chi connectivity index (χ1v) is 11.0. The molecule has 0 aromatic heterocycles. The third kappa shape index (κ3) is 5.19. The van der Waals surface area contributed by atoms with Crippen molar-refractivity contribution in [2.24, 2.45) is 0 Å². The molecule has 0 bridgehead atoms. The molecule has 3 rings (SSSR count). The van der Waals surface area contributed by atoms with E-state index < -0.39 is 77.8 Å². The summed E-state index contributed by atoms with van der Waals surface area (Å²) in [7, 11) is 1.23. The van der Waals surface area contributed by atoms with Gasteiger partial charge < -0.3 is 45.2 Å². The molecule has 12 nitrogen and oxygen atoms in total. The number of esters is 1. The molecule has 0 radical (unpaired) electrons. The highest BCUT2D eigenvalue weighted by molar-refractivity contribution is 6.62. The molecule has 0 aliphatic heterocycles. The van der Waals surface area contributed by atoms with Crippen molar-refractivity contribution in [3.05, 3.63) is 58.1 Å². The number of ether oxygens (including phenoxy) is 2. The van der Waals surface area contributed by atoms with Crippen LogP contribution >= 0.6 is 0 Å². The number of Topliss-reactive ketones (excluding diaryl/α,β-unsaturated/α-hetero) is 2. The largest absolute Gasteiger partial charge is 0.507 e. The van der Waals surface area contributed by atoms with Crippen LogP contribution in [0.2, 0.25) is 0 Å². The number of phenolic OH excluding ortho intramolecular Hbond substituents is 1. The summed E-state index contributed by atoms with van der Waals surface area (Å²) in [4.78, 5) is 38.9. The zero-order valence-corrected chi connectivity index (χ0v) is 19.8. The van der Waals surface area contributed by atoms with E-state index in [0.717, 1.165) is 0 Å². The smallest absolute Gasteiger partial charge is 0.339 e. The van der Waals surface area contributed by atoms with Gasteiger partial charge in [0.1, 0.15) is 48.3 Å². The van der Waals surface area contributed by atoms with Gasteiger partial charge in [0.2, 0.25) is 11.6 Å². The molecule has 12 heteroatoms. The molecule has 7 N–H and O–H groups in total. The second-order valence-corrected chi connectivity index (χ2v) is 8.37. The second-order valence-electron chi connectivity index (χ2n) is 8.37. The molecule has 0 amide bonds. The predicted molar refractivity (Wildman–Crippen MR) is 126 cm³/mol. The monoisotopic (exact) mass is 518 g/mol. The lowest BCUT2D eigenvalue weighted by Gasteiger charge is -2.25. The van der Waals surface area contributed by atoms with Crippen molar-refractivity contribution in [3.8, 4) is 11.5 Å². The molecule has 37 heavy (non-hydrogen) atoms. The van der Waals surface area contributed by atoms with Crippen LogP contribution in [0.4, 0.5) is 0 Å². The van der Waals surface area contributed by atoms with Crippen LogP contribution in [0.25, 0.3) is 11.3 Å². The molecular weight excluding hydrogens is 492 g/mol. The number of hydrogen-bond donors (Lipinski definition) is 7. The Morgan fingerprint density at radius 2 is 1.59 bits per heavy atom. The highest BCUT2D eigenvalue weighted by atomic mass is 16.5. The molecule has 1 aliphatic rings. The molecule has 1 aliphatic carbocycles. The van der Waals surface area contributed by atoms with E-state index in [0.29, 0.717) is 5.56 Å². The highest BCUT2D eigenvalue weighted by Crippen LogP contribution is 2.41. The number of carbonyl (C=O) groups is 3. The molecule has 0 spiro atoms. The normalized spacial score (nSPS) is 16.6. The first kappa shape index (κ1) is 27.8. The summed E-state index contributed by atoms with van der Waals surface area (Å²) >= 11 is 0. The molecule has 0 heterocycles. The second kappa shape index (κ2) is 11.1. The molecule has 4 atom stereocenters. The van der Waals surface area contributed by atoms with E-state index in [4.69, 9.17) is 14.6 Å². The van der Waals surface area contributed by atoms with Crippen molar-refractivity contribution >= 4 is 28.9 Å². The van der Waals surface area contributed by atoms with Gasteiger partial charge in [0, 0.05) is 11.1 Å².